The molecule has 0 aromatic heterocycles. The Morgan fingerprint density at radius 3 is 2.80 bits per heavy atom. The van der Waals surface area contributed by atoms with Crippen LogP contribution in [0.15, 0.2) is 23.1 Å². The van der Waals surface area contributed by atoms with Crippen molar-refractivity contribution in [1.29, 1.82) is 0 Å². The lowest BCUT2D eigenvalue weighted by molar-refractivity contribution is 0.201. The summed E-state index contributed by atoms with van der Waals surface area (Å²) in [5.74, 6) is 0. The van der Waals surface area contributed by atoms with Crippen LogP contribution < -0.4 is 5.73 Å². The third-order valence-electron chi connectivity index (χ3n) is 2.31. The molecule has 0 aliphatic rings. The van der Waals surface area contributed by atoms with Gasteiger partial charge in [-0.2, -0.15) is 0 Å². The normalized spacial score (nSPS) is 14.9. The van der Waals surface area contributed by atoms with Gasteiger partial charge >= 0.3 is 0 Å². The van der Waals surface area contributed by atoms with Gasteiger partial charge < -0.3 is 10.5 Å². The number of hydrogen-bond acceptors (Lipinski definition) is 3. The Bertz CT molecular complexity index is 366. The fraction of sp³-hybridized carbons (Fsp3) is 0.455. The van der Waals surface area contributed by atoms with E-state index in [2.05, 4.69) is 0 Å². The Kier molecular flexibility index (Phi) is 4.29. The number of benzene rings is 1. The predicted octanol–water partition coefficient (Wildman–Crippen LogP) is 1.72. The first-order valence-electron chi connectivity index (χ1n) is 4.82. The van der Waals surface area contributed by atoms with Gasteiger partial charge in [-0.25, -0.2) is 0 Å². The van der Waals surface area contributed by atoms with E-state index in [1.54, 1.807) is 7.11 Å². The van der Waals surface area contributed by atoms with Crippen molar-refractivity contribution in [3.05, 3.63) is 23.8 Å². The summed E-state index contributed by atoms with van der Waals surface area (Å²) in [6.07, 6.45) is 0. The fourth-order valence-corrected chi connectivity index (χ4v) is 2.69. The topological polar surface area (TPSA) is 52.3 Å². The molecule has 4 heteroatoms. The van der Waals surface area contributed by atoms with Crippen LogP contribution in [-0.4, -0.2) is 23.2 Å². The molecule has 3 nitrogen and oxygen atoms in total. The minimum absolute atomic E-state index is 0.0181. The smallest absolute Gasteiger partial charge is 0.0607 e. The van der Waals surface area contributed by atoms with Crippen LogP contribution in [0.25, 0.3) is 0 Å². The molecule has 0 spiro atoms. The van der Waals surface area contributed by atoms with E-state index in [0.717, 1.165) is 10.5 Å². The first kappa shape index (κ1) is 12.2. The molecule has 1 rings (SSSR count). The van der Waals surface area contributed by atoms with E-state index < -0.39 is 10.8 Å². The van der Waals surface area contributed by atoms with Crippen LogP contribution in [0, 0.1) is 6.92 Å². The fourth-order valence-electron chi connectivity index (χ4n) is 1.36. The lowest BCUT2D eigenvalue weighted by Gasteiger charge is -2.13. The summed E-state index contributed by atoms with van der Waals surface area (Å²) >= 11 is 0. The molecule has 0 heterocycles. The van der Waals surface area contributed by atoms with E-state index in [4.69, 9.17) is 10.5 Å². The lowest BCUT2D eigenvalue weighted by Crippen LogP contribution is -2.18. The molecule has 15 heavy (non-hydrogen) atoms. The average Bonchev–Trinajstić information content (AvgIpc) is 2.21. The van der Waals surface area contributed by atoms with Crippen molar-refractivity contribution >= 4 is 16.5 Å². The Morgan fingerprint density at radius 1 is 1.53 bits per heavy atom. The molecule has 2 N–H and O–H groups in total. The molecule has 0 fully saturated rings. The minimum atomic E-state index is -1.05. The highest BCUT2D eigenvalue weighted by Gasteiger charge is 2.15. The molecule has 0 amide bonds. The maximum absolute atomic E-state index is 12.1. The van der Waals surface area contributed by atoms with Gasteiger partial charge in [0.2, 0.25) is 0 Å². The Hall–Kier alpha value is -0.870. The van der Waals surface area contributed by atoms with Crippen LogP contribution in [0.2, 0.25) is 0 Å². The third-order valence-corrected chi connectivity index (χ3v) is 4.05. The molecule has 0 aliphatic heterocycles. The standard InChI is InChI=1S/C11H17NO2S/c1-8(7-14-3)15(13)11-6-4-5-10(12)9(11)2/h4-6,8H,7,12H2,1-3H3. The van der Waals surface area contributed by atoms with Gasteiger partial charge in [0, 0.05) is 17.7 Å². The number of rotatable bonds is 4. The Balaban J connectivity index is 2.96. The number of nitrogen functional groups attached to an aromatic ring is 1. The van der Waals surface area contributed by atoms with Gasteiger partial charge in [-0.15, -0.1) is 0 Å². The first-order valence-corrected chi connectivity index (χ1v) is 6.03. The van der Waals surface area contributed by atoms with Crippen LogP contribution >= 0.6 is 0 Å². The average molecular weight is 227 g/mol. The molecular weight excluding hydrogens is 210 g/mol. The summed E-state index contributed by atoms with van der Waals surface area (Å²) in [5, 5.41) is -0.0181. The van der Waals surface area contributed by atoms with Gasteiger partial charge in [0.15, 0.2) is 0 Å². The second-order valence-electron chi connectivity index (χ2n) is 3.53. The molecule has 0 radical (unpaired) electrons. The number of nitrogens with two attached hydrogens (primary N) is 1. The highest BCUT2D eigenvalue weighted by atomic mass is 32.2. The van der Waals surface area contributed by atoms with Crippen LogP contribution in [0.5, 0.6) is 0 Å². The Labute approximate surface area is 93.1 Å². The highest BCUT2D eigenvalue weighted by Crippen LogP contribution is 2.21. The third kappa shape index (κ3) is 2.79. The molecule has 1 aromatic rings. The summed E-state index contributed by atoms with van der Waals surface area (Å²) in [6.45, 7) is 4.28. The van der Waals surface area contributed by atoms with Crippen molar-refractivity contribution in [2.24, 2.45) is 0 Å². The maximum Gasteiger partial charge on any atom is 0.0607 e. The largest absolute Gasteiger partial charge is 0.398 e. The molecular formula is C11H17NO2S. The van der Waals surface area contributed by atoms with Gasteiger partial charge in [0.25, 0.3) is 0 Å². The molecule has 1 aromatic carbocycles. The quantitative estimate of drug-likeness (QED) is 0.797. The first-order chi connectivity index (χ1) is 7.07. The minimum Gasteiger partial charge on any atom is -0.398 e. The van der Waals surface area contributed by atoms with Gasteiger partial charge in [-0.1, -0.05) is 6.07 Å². The molecule has 0 saturated heterocycles. The molecule has 2 atom stereocenters. The van der Waals surface area contributed by atoms with Crippen molar-refractivity contribution in [2.75, 3.05) is 19.5 Å². The number of hydrogen-bond donors (Lipinski definition) is 1. The van der Waals surface area contributed by atoms with Gasteiger partial charge in [0.05, 0.1) is 22.7 Å². The second kappa shape index (κ2) is 5.28. The SMILES string of the molecule is COCC(C)S(=O)c1cccc(N)c1C. The van der Waals surface area contributed by atoms with E-state index >= 15 is 0 Å². The van der Waals surface area contributed by atoms with E-state index in [9.17, 15) is 4.21 Å². The lowest BCUT2D eigenvalue weighted by atomic mass is 10.2. The van der Waals surface area contributed by atoms with Gasteiger partial charge in [-0.3, -0.25) is 4.21 Å². The number of methoxy groups -OCH3 is 1. The van der Waals surface area contributed by atoms with Crippen LogP contribution in [0.4, 0.5) is 5.69 Å². The van der Waals surface area contributed by atoms with Crippen LogP contribution in [0.1, 0.15) is 12.5 Å². The van der Waals surface area contributed by atoms with Crippen LogP contribution in [0.3, 0.4) is 0 Å². The summed E-state index contributed by atoms with van der Waals surface area (Å²) in [7, 11) is 0.556. The van der Waals surface area contributed by atoms with Crippen molar-refractivity contribution in [3.63, 3.8) is 0 Å². The molecule has 0 saturated carbocycles. The number of ether oxygens (including phenoxy) is 1. The predicted molar refractivity (Wildman–Crippen MR) is 63.3 cm³/mol. The van der Waals surface area contributed by atoms with E-state index in [-0.39, 0.29) is 5.25 Å². The van der Waals surface area contributed by atoms with Crippen molar-refractivity contribution < 1.29 is 8.95 Å². The summed E-state index contributed by atoms with van der Waals surface area (Å²) in [6, 6.07) is 5.50. The molecule has 0 bridgehead atoms. The number of anilines is 1. The summed E-state index contributed by atoms with van der Waals surface area (Å²) in [4.78, 5) is 0.805. The highest BCUT2D eigenvalue weighted by molar-refractivity contribution is 7.85. The van der Waals surface area contributed by atoms with Crippen molar-refractivity contribution in [1.82, 2.24) is 0 Å². The zero-order valence-corrected chi connectivity index (χ0v) is 10.1. The van der Waals surface area contributed by atoms with Gasteiger partial charge in [-0.05, 0) is 31.5 Å². The monoisotopic (exact) mass is 227 g/mol. The molecule has 0 aliphatic carbocycles. The Morgan fingerprint density at radius 2 is 2.20 bits per heavy atom. The second-order valence-corrected chi connectivity index (χ2v) is 5.37. The van der Waals surface area contributed by atoms with Gasteiger partial charge in [0.1, 0.15) is 0 Å². The summed E-state index contributed by atoms with van der Waals surface area (Å²) < 4.78 is 17.1. The zero-order chi connectivity index (χ0) is 11.4. The zero-order valence-electron chi connectivity index (χ0n) is 9.32. The molecule has 2 unspecified atom stereocenters. The van der Waals surface area contributed by atoms with Crippen LogP contribution in [-0.2, 0) is 15.5 Å². The molecule has 84 valence electrons. The maximum atomic E-state index is 12.1. The summed E-state index contributed by atoms with van der Waals surface area (Å²) in [5.41, 5.74) is 7.35. The van der Waals surface area contributed by atoms with E-state index in [1.807, 2.05) is 32.0 Å². The van der Waals surface area contributed by atoms with Crippen molar-refractivity contribution in [3.8, 4) is 0 Å². The van der Waals surface area contributed by atoms with E-state index in [0.29, 0.717) is 12.3 Å². The van der Waals surface area contributed by atoms with Crippen molar-refractivity contribution in [2.45, 2.75) is 24.0 Å². The van der Waals surface area contributed by atoms with E-state index in [1.165, 1.54) is 0 Å².